The van der Waals surface area contributed by atoms with Crippen LogP contribution in [0, 0.1) is 0 Å². The monoisotopic (exact) mass is 494 g/mol. The Kier molecular flexibility index (Phi) is 8.73. The lowest BCUT2D eigenvalue weighted by atomic mass is 10.2. The highest BCUT2D eigenvalue weighted by molar-refractivity contribution is 7.89. The minimum atomic E-state index is -3.51. The van der Waals surface area contributed by atoms with Crippen molar-refractivity contribution in [2.75, 3.05) is 44.2 Å². The van der Waals surface area contributed by atoms with Gasteiger partial charge in [-0.05, 0) is 67.9 Å². The maximum absolute atomic E-state index is 12.6. The number of pyridine rings is 1. The Bertz CT molecular complexity index is 1120. The van der Waals surface area contributed by atoms with Crippen LogP contribution in [0.4, 0.5) is 5.69 Å². The van der Waals surface area contributed by atoms with E-state index in [1.807, 2.05) is 18.2 Å². The summed E-state index contributed by atoms with van der Waals surface area (Å²) in [6, 6.07) is 16.7. The van der Waals surface area contributed by atoms with Crippen molar-refractivity contribution in [2.45, 2.75) is 17.7 Å². The lowest BCUT2D eigenvalue weighted by Gasteiger charge is -2.36. The molecule has 0 aliphatic carbocycles. The maximum atomic E-state index is 12.6. The maximum Gasteiger partial charge on any atom is 0.240 e. The molecular formula is C23H28Cl2N4O2S. The molecule has 0 spiro atoms. The third-order valence-corrected chi connectivity index (χ3v) is 7.35. The molecule has 6 nitrogen and oxygen atoms in total. The van der Waals surface area contributed by atoms with Gasteiger partial charge in [-0.1, -0.05) is 17.7 Å². The molecular weight excluding hydrogens is 467 g/mol. The summed E-state index contributed by atoms with van der Waals surface area (Å²) >= 11 is 5.97. The van der Waals surface area contributed by atoms with Crippen molar-refractivity contribution in [2.24, 2.45) is 0 Å². The SMILES string of the molecule is Cl.O=S(=O)(NCCCCN1CCN(c2ccc(Cl)cc2)CC1)c1ccc2ncccc2c1. The number of fused-ring (bicyclic) bond motifs is 1. The summed E-state index contributed by atoms with van der Waals surface area (Å²) in [5.41, 5.74) is 2.00. The van der Waals surface area contributed by atoms with Crippen molar-refractivity contribution in [1.82, 2.24) is 14.6 Å². The van der Waals surface area contributed by atoms with Gasteiger partial charge in [-0.25, -0.2) is 13.1 Å². The Morgan fingerprint density at radius 1 is 0.969 bits per heavy atom. The minimum absolute atomic E-state index is 0. The summed E-state index contributed by atoms with van der Waals surface area (Å²) in [4.78, 5) is 9.33. The molecule has 1 aliphatic heterocycles. The fraction of sp³-hybridized carbons (Fsp3) is 0.348. The van der Waals surface area contributed by atoms with Gasteiger partial charge in [0.05, 0.1) is 10.4 Å². The van der Waals surface area contributed by atoms with E-state index >= 15 is 0 Å². The van der Waals surface area contributed by atoms with Crippen molar-refractivity contribution in [3.05, 3.63) is 65.8 Å². The zero-order valence-electron chi connectivity index (χ0n) is 17.8. The first kappa shape index (κ1) is 24.7. The molecule has 4 rings (SSSR count). The standard InChI is InChI=1S/C23H27ClN4O2S.ClH/c24-20-5-7-21(8-6-20)28-16-14-27(15-17-28)13-2-1-12-26-31(29,30)22-9-10-23-19(18-22)4-3-11-25-23;/h3-11,18,26H,1-2,12-17H2;1H. The van der Waals surface area contributed by atoms with Crippen molar-refractivity contribution < 1.29 is 8.42 Å². The zero-order chi connectivity index (χ0) is 21.7. The molecule has 0 saturated carbocycles. The highest BCUT2D eigenvalue weighted by atomic mass is 35.5. The Morgan fingerprint density at radius 2 is 1.72 bits per heavy atom. The number of rotatable bonds is 8. The van der Waals surface area contributed by atoms with Crippen molar-refractivity contribution in [3.8, 4) is 0 Å². The number of benzene rings is 2. The van der Waals surface area contributed by atoms with E-state index in [1.54, 1.807) is 30.5 Å². The quantitative estimate of drug-likeness (QED) is 0.475. The predicted molar refractivity (Wildman–Crippen MR) is 134 cm³/mol. The number of anilines is 1. The molecule has 9 heteroatoms. The zero-order valence-corrected chi connectivity index (χ0v) is 20.2. The van der Waals surface area contributed by atoms with Gasteiger partial charge < -0.3 is 4.90 Å². The molecule has 0 atom stereocenters. The Hall–Kier alpha value is -1.90. The van der Waals surface area contributed by atoms with E-state index in [-0.39, 0.29) is 17.3 Å². The van der Waals surface area contributed by atoms with E-state index in [2.05, 4.69) is 31.6 Å². The fourth-order valence-corrected chi connectivity index (χ4v) is 5.09. The highest BCUT2D eigenvalue weighted by Crippen LogP contribution is 2.20. The van der Waals surface area contributed by atoms with Crippen molar-refractivity contribution in [3.63, 3.8) is 0 Å². The normalized spacial score (nSPS) is 15.0. The van der Waals surface area contributed by atoms with Crippen LogP contribution in [0.2, 0.25) is 5.02 Å². The second-order valence-electron chi connectivity index (χ2n) is 7.77. The van der Waals surface area contributed by atoms with Gasteiger partial charge in [-0.2, -0.15) is 0 Å². The molecule has 1 saturated heterocycles. The summed E-state index contributed by atoms with van der Waals surface area (Å²) in [6.07, 6.45) is 3.48. The van der Waals surface area contributed by atoms with Gasteiger partial charge in [0.1, 0.15) is 0 Å². The van der Waals surface area contributed by atoms with Gasteiger partial charge >= 0.3 is 0 Å². The number of nitrogens with zero attached hydrogens (tertiary/aromatic N) is 3. The summed E-state index contributed by atoms with van der Waals surface area (Å²) < 4.78 is 27.9. The third kappa shape index (κ3) is 6.33. The average molecular weight is 495 g/mol. The van der Waals surface area contributed by atoms with Gasteiger partial charge in [-0.3, -0.25) is 9.88 Å². The van der Waals surface area contributed by atoms with Crippen LogP contribution < -0.4 is 9.62 Å². The first-order valence-corrected chi connectivity index (χ1v) is 12.4. The van der Waals surface area contributed by atoms with E-state index < -0.39 is 10.0 Å². The lowest BCUT2D eigenvalue weighted by molar-refractivity contribution is 0.253. The lowest BCUT2D eigenvalue weighted by Crippen LogP contribution is -2.46. The summed E-state index contributed by atoms with van der Waals surface area (Å²) in [7, 11) is -3.51. The molecule has 3 aromatic rings. The number of halogens is 2. The Morgan fingerprint density at radius 3 is 2.47 bits per heavy atom. The molecule has 2 heterocycles. The van der Waals surface area contributed by atoms with E-state index in [9.17, 15) is 8.42 Å². The molecule has 1 aromatic heterocycles. The molecule has 1 N–H and O–H groups in total. The second-order valence-corrected chi connectivity index (χ2v) is 9.97. The predicted octanol–water partition coefficient (Wildman–Crippen LogP) is 4.19. The number of hydrogen-bond acceptors (Lipinski definition) is 5. The van der Waals surface area contributed by atoms with Gasteiger partial charge in [0, 0.05) is 55.0 Å². The first-order chi connectivity index (χ1) is 15.0. The van der Waals surface area contributed by atoms with Crippen molar-refractivity contribution >= 4 is 50.6 Å². The molecule has 0 unspecified atom stereocenters. The molecule has 0 amide bonds. The van der Waals surface area contributed by atoms with Crippen LogP contribution in [-0.2, 0) is 10.0 Å². The molecule has 1 aliphatic rings. The van der Waals surface area contributed by atoms with Crippen LogP contribution in [0.3, 0.4) is 0 Å². The Labute approximate surface area is 201 Å². The largest absolute Gasteiger partial charge is 0.369 e. The Balaban J connectivity index is 0.00000289. The van der Waals surface area contributed by atoms with Crippen LogP contribution in [0.5, 0.6) is 0 Å². The number of unbranched alkanes of at least 4 members (excludes halogenated alkanes) is 1. The molecule has 0 radical (unpaired) electrons. The number of nitrogens with one attached hydrogen (secondary N) is 1. The third-order valence-electron chi connectivity index (χ3n) is 5.64. The fourth-order valence-electron chi connectivity index (χ4n) is 3.85. The second kappa shape index (κ2) is 11.3. The van der Waals surface area contributed by atoms with Crippen LogP contribution in [0.1, 0.15) is 12.8 Å². The number of sulfonamides is 1. The van der Waals surface area contributed by atoms with E-state index in [0.29, 0.717) is 6.54 Å². The highest BCUT2D eigenvalue weighted by Gasteiger charge is 2.17. The number of aromatic nitrogens is 1. The van der Waals surface area contributed by atoms with Gasteiger partial charge in [0.15, 0.2) is 0 Å². The summed E-state index contributed by atoms with van der Waals surface area (Å²) in [5.74, 6) is 0. The van der Waals surface area contributed by atoms with Gasteiger partial charge in [0.2, 0.25) is 10.0 Å². The smallest absolute Gasteiger partial charge is 0.240 e. The molecule has 1 fully saturated rings. The molecule has 32 heavy (non-hydrogen) atoms. The van der Waals surface area contributed by atoms with Gasteiger partial charge in [-0.15, -0.1) is 12.4 Å². The number of piperazine rings is 1. The average Bonchev–Trinajstić information content (AvgIpc) is 2.79. The van der Waals surface area contributed by atoms with E-state index in [1.165, 1.54) is 5.69 Å². The van der Waals surface area contributed by atoms with Crippen LogP contribution >= 0.6 is 24.0 Å². The van der Waals surface area contributed by atoms with Crippen molar-refractivity contribution in [1.29, 1.82) is 0 Å². The van der Waals surface area contributed by atoms with Crippen LogP contribution in [0.15, 0.2) is 65.7 Å². The van der Waals surface area contributed by atoms with Gasteiger partial charge in [0.25, 0.3) is 0 Å². The topological polar surface area (TPSA) is 65.5 Å². The first-order valence-electron chi connectivity index (χ1n) is 10.6. The van der Waals surface area contributed by atoms with Crippen LogP contribution in [-0.4, -0.2) is 57.6 Å². The summed E-state index contributed by atoms with van der Waals surface area (Å²) in [5, 5.41) is 1.58. The summed E-state index contributed by atoms with van der Waals surface area (Å²) in [6.45, 7) is 5.44. The molecule has 0 bridgehead atoms. The number of hydrogen-bond donors (Lipinski definition) is 1. The minimum Gasteiger partial charge on any atom is -0.369 e. The van der Waals surface area contributed by atoms with E-state index in [4.69, 9.17) is 11.6 Å². The van der Waals surface area contributed by atoms with Crippen LogP contribution in [0.25, 0.3) is 10.9 Å². The molecule has 2 aromatic carbocycles. The molecule has 172 valence electrons. The van der Waals surface area contributed by atoms with E-state index in [0.717, 1.165) is 61.5 Å².